The maximum absolute atomic E-state index is 9.64. The molecule has 0 aliphatic heterocycles. The SMILES string of the molecule is N#Cc1ccc(-c2ccc3c4c(ccc(-c5c6ccccc6c(-c6cc(-c7ccccc7)nc(-c7ccccc7)n6)c6ccccc56)c24)-c2ccccc2-3)cc1. The summed E-state index contributed by atoms with van der Waals surface area (Å²) >= 11 is 0. The van der Waals surface area contributed by atoms with Crippen LogP contribution in [0.3, 0.4) is 0 Å². The van der Waals surface area contributed by atoms with Gasteiger partial charge in [0.25, 0.3) is 0 Å². The van der Waals surface area contributed by atoms with Gasteiger partial charge in [-0.1, -0.05) is 170 Å². The molecule has 0 fully saturated rings. The summed E-state index contributed by atoms with van der Waals surface area (Å²) in [5.41, 5.74) is 15.1. The number of benzene rings is 9. The van der Waals surface area contributed by atoms with Crippen LogP contribution in [0.4, 0.5) is 0 Å². The molecule has 0 saturated heterocycles. The molecule has 11 rings (SSSR count). The van der Waals surface area contributed by atoms with Crippen LogP contribution in [0.1, 0.15) is 5.56 Å². The summed E-state index contributed by atoms with van der Waals surface area (Å²) in [7, 11) is 0. The minimum absolute atomic E-state index is 0.649. The molecule has 0 atom stereocenters. The van der Waals surface area contributed by atoms with Gasteiger partial charge in [0.05, 0.1) is 23.0 Å². The zero-order chi connectivity index (χ0) is 37.2. The van der Waals surface area contributed by atoms with Crippen molar-refractivity contribution in [1.29, 1.82) is 5.26 Å². The van der Waals surface area contributed by atoms with Gasteiger partial charge in [-0.05, 0) is 95.0 Å². The van der Waals surface area contributed by atoms with Crippen molar-refractivity contribution in [3.63, 3.8) is 0 Å². The maximum atomic E-state index is 9.64. The molecule has 3 nitrogen and oxygen atoms in total. The zero-order valence-corrected chi connectivity index (χ0v) is 30.2. The molecule has 0 bridgehead atoms. The van der Waals surface area contributed by atoms with Crippen molar-refractivity contribution >= 4 is 32.3 Å². The zero-order valence-electron chi connectivity index (χ0n) is 30.2. The Balaban J connectivity index is 1.25. The fourth-order valence-electron chi connectivity index (χ4n) is 8.81. The van der Waals surface area contributed by atoms with Crippen LogP contribution in [-0.2, 0) is 0 Å². The minimum Gasteiger partial charge on any atom is -0.228 e. The first-order valence-electron chi connectivity index (χ1n) is 18.9. The highest BCUT2D eigenvalue weighted by atomic mass is 14.9. The molecular weight excluding hydrogens is 679 g/mol. The number of aromatic nitrogens is 2. The van der Waals surface area contributed by atoms with Crippen molar-refractivity contribution < 1.29 is 0 Å². The second-order valence-corrected chi connectivity index (χ2v) is 14.3. The third-order valence-electron chi connectivity index (χ3n) is 11.3. The Hall–Kier alpha value is -7.67. The summed E-state index contributed by atoms with van der Waals surface area (Å²) in [4.78, 5) is 10.5. The molecule has 0 spiro atoms. The lowest BCUT2D eigenvalue weighted by Crippen LogP contribution is -1.98. The van der Waals surface area contributed by atoms with E-state index >= 15 is 0 Å². The van der Waals surface area contributed by atoms with Gasteiger partial charge in [-0.2, -0.15) is 5.26 Å². The van der Waals surface area contributed by atoms with Crippen LogP contribution in [0.25, 0.3) is 111 Å². The number of nitriles is 1. The molecule has 0 unspecified atom stereocenters. The maximum Gasteiger partial charge on any atom is 0.160 e. The van der Waals surface area contributed by atoms with E-state index in [2.05, 4.69) is 158 Å². The van der Waals surface area contributed by atoms with Crippen LogP contribution in [0.2, 0.25) is 0 Å². The number of hydrogen-bond donors (Lipinski definition) is 0. The fourth-order valence-corrected chi connectivity index (χ4v) is 8.81. The molecule has 10 aromatic rings. The van der Waals surface area contributed by atoms with Crippen LogP contribution in [0.15, 0.2) is 188 Å². The molecule has 0 amide bonds. The van der Waals surface area contributed by atoms with Crippen molar-refractivity contribution in [3.8, 4) is 84.5 Å². The molecule has 1 aromatic heterocycles. The van der Waals surface area contributed by atoms with Gasteiger partial charge in [0.2, 0.25) is 0 Å². The van der Waals surface area contributed by atoms with Crippen LogP contribution in [0.5, 0.6) is 0 Å². The van der Waals surface area contributed by atoms with Crippen molar-refractivity contribution in [3.05, 3.63) is 194 Å². The number of hydrogen-bond acceptors (Lipinski definition) is 3. The van der Waals surface area contributed by atoms with E-state index in [1.54, 1.807) is 0 Å². The molecular formula is C53H31N3. The molecule has 1 aliphatic rings. The Bertz CT molecular complexity index is 3090. The third kappa shape index (κ3) is 4.90. The first-order valence-corrected chi connectivity index (χ1v) is 18.9. The summed E-state index contributed by atoms with van der Waals surface area (Å²) in [5.74, 6) is 0.693. The lowest BCUT2D eigenvalue weighted by Gasteiger charge is -2.21. The molecule has 0 radical (unpaired) electrons. The predicted molar refractivity (Wildman–Crippen MR) is 231 cm³/mol. The van der Waals surface area contributed by atoms with E-state index in [4.69, 9.17) is 9.97 Å². The topological polar surface area (TPSA) is 49.6 Å². The molecule has 56 heavy (non-hydrogen) atoms. The number of fused-ring (bicyclic) bond motifs is 5. The van der Waals surface area contributed by atoms with E-state index in [9.17, 15) is 5.26 Å². The first kappa shape index (κ1) is 31.8. The van der Waals surface area contributed by atoms with E-state index in [-0.39, 0.29) is 0 Å². The Morgan fingerprint density at radius 1 is 0.339 bits per heavy atom. The van der Waals surface area contributed by atoms with E-state index in [1.165, 1.54) is 44.2 Å². The average molecular weight is 710 g/mol. The van der Waals surface area contributed by atoms with Crippen molar-refractivity contribution in [1.82, 2.24) is 9.97 Å². The normalized spacial score (nSPS) is 11.6. The molecule has 1 heterocycles. The first-order chi connectivity index (χ1) is 27.7. The Kier molecular flexibility index (Phi) is 7.23. The lowest BCUT2D eigenvalue weighted by molar-refractivity contribution is 1.19. The predicted octanol–water partition coefficient (Wildman–Crippen LogP) is 13.8. The van der Waals surface area contributed by atoms with E-state index in [1.807, 2.05) is 36.4 Å². The smallest absolute Gasteiger partial charge is 0.160 e. The van der Waals surface area contributed by atoms with Crippen molar-refractivity contribution in [2.75, 3.05) is 0 Å². The van der Waals surface area contributed by atoms with Gasteiger partial charge < -0.3 is 0 Å². The highest BCUT2D eigenvalue weighted by molar-refractivity contribution is 6.28. The largest absolute Gasteiger partial charge is 0.228 e. The monoisotopic (exact) mass is 709 g/mol. The lowest BCUT2D eigenvalue weighted by atomic mass is 9.83. The second-order valence-electron chi connectivity index (χ2n) is 14.3. The van der Waals surface area contributed by atoms with Gasteiger partial charge in [0.1, 0.15) is 0 Å². The van der Waals surface area contributed by atoms with Crippen LogP contribution in [-0.4, -0.2) is 9.97 Å². The van der Waals surface area contributed by atoms with Gasteiger partial charge in [-0.3, -0.25) is 0 Å². The highest BCUT2D eigenvalue weighted by Gasteiger charge is 2.27. The number of nitrogens with zero attached hydrogens (tertiary/aromatic N) is 3. The van der Waals surface area contributed by atoms with E-state index in [0.29, 0.717) is 11.4 Å². The minimum atomic E-state index is 0.649. The van der Waals surface area contributed by atoms with Gasteiger partial charge >= 0.3 is 0 Å². The standard InChI is InChI=1S/C53H31N3/c54-32-33-23-25-34(26-24-33)37-27-28-44-38-17-7-8-18-39(38)45-29-30-46(51(37)52(44)45)49-40-19-9-11-21-42(40)50(43-22-12-10-20-41(43)49)48-31-47(35-13-3-1-4-14-35)55-53(56-48)36-15-5-2-6-16-36/h1-31H. The van der Waals surface area contributed by atoms with Crippen LogP contribution in [0, 0.1) is 11.3 Å². The highest BCUT2D eigenvalue weighted by Crippen LogP contribution is 2.54. The molecule has 258 valence electrons. The molecule has 3 heteroatoms. The van der Waals surface area contributed by atoms with Gasteiger partial charge in [0, 0.05) is 16.7 Å². The summed E-state index contributed by atoms with van der Waals surface area (Å²) in [6, 6.07) is 68.5. The van der Waals surface area contributed by atoms with Gasteiger partial charge in [-0.25, -0.2) is 9.97 Å². The Morgan fingerprint density at radius 3 is 1.39 bits per heavy atom. The summed E-state index contributed by atoms with van der Waals surface area (Å²) in [6.45, 7) is 0. The molecule has 0 saturated carbocycles. The van der Waals surface area contributed by atoms with Crippen LogP contribution >= 0.6 is 0 Å². The van der Waals surface area contributed by atoms with Crippen molar-refractivity contribution in [2.24, 2.45) is 0 Å². The summed E-state index contributed by atoms with van der Waals surface area (Å²) in [5, 5.41) is 16.7. The summed E-state index contributed by atoms with van der Waals surface area (Å²) < 4.78 is 0. The number of rotatable bonds is 5. The van der Waals surface area contributed by atoms with Crippen LogP contribution < -0.4 is 0 Å². The quantitative estimate of drug-likeness (QED) is 0.167. The van der Waals surface area contributed by atoms with Gasteiger partial charge in [0.15, 0.2) is 5.82 Å². The molecule has 0 N–H and O–H groups in total. The average Bonchev–Trinajstić information content (AvgIpc) is 3.60. The molecule has 9 aromatic carbocycles. The second kappa shape index (κ2) is 12.7. The summed E-state index contributed by atoms with van der Waals surface area (Å²) in [6.07, 6.45) is 0. The third-order valence-corrected chi connectivity index (χ3v) is 11.3. The molecule has 1 aliphatic carbocycles. The van der Waals surface area contributed by atoms with E-state index < -0.39 is 0 Å². The van der Waals surface area contributed by atoms with E-state index in [0.717, 1.165) is 60.8 Å². The fraction of sp³-hybridized carbons (Fsp3) is 0. The Labute approximate surface area is 324 Å². The van der Waals surface area contributed by atoms with Gasteiger partial charge in [-0.15, -0.1) is 0 Å². The van der Waals surface area contributed by atoms with Crippen molar-refractivity contribution in [2.45, 2.75) is 0 Å². The Morgan fingerprint density at radius 2 is 0.804 bits per heavy atom.